The molecule has 3 atom stereocenters. The van der Waals surface area contributed by atoms with Gasteiger partial charge in [-0.15, -0.1) is 0 Å². The summed E-state index contributed by atoms with van der Waals surface area (Å²) in [6.07, 6.45) is 59.8. The van der Waals surface area contributed by atoms with Crippen molar-refractivity contribution >= 4 is 13.7 Å². The summed E-state index contributed by atoms with van der Waals surface area (Å²) < 4.78 is 23.8. The molecule has 0 fully saturated rings. The number of carbonyl (C=O) groups excluding carboxylic acids is 1. The number of nitrogens with one attached hydrogen (secondary N) is 1. The maximum absolute atomic E-state index is 13.0. The number of phosphoric acid groups is 1. The van der Waals surface area contributed by atoms with Crippen molar-refractivity contribution in [3.05, 3.63) is 12.2 Å². The summed E-state index contributed by atoms with van der Waals surface area (Å²) in [4.78, 5) is 23.3. The molecule has 0 bridgehead atoms. The summed E-state index contributed by atoms with van der Waals surface area (Å²) in [7, 11) is 1.63. The Bertz CT molecular complexity index is 1080. The minimum absolute atomic E-state index is 0.0771. The monoisotopic (exact) mass is 956 g/mol. The van der Waals surface area contributed by atoms with E-state index in [0.717, 1.165) is 38.5 Å². The van der Waals surface area contributed by atoms with Crippen LogP contribution in [0.15, 0.2) is 12.2 Å². The number of rotatable bonds is 54. The number of aliphatic hydroxyl groups excluding tert-OH is 1. The van der Waals surface area contributed by atoms with E-state index in [-0.39, 0.29) is 19.1 Å². The van der Waals surface area contributed by atoms with Crippen LogP contribution in [0, 0.1) is 0 Å². The number of allylic oxidation sites excluding steroid dienone is 2. The van der Waals surface area contributed by atoms with Gasteiger partial charge < -0.3 is 19.8 Å². The molecule has 0 radical (unpaired) electrons. The summed E-state index contributed by atoms with van der Waals surface area (Å²) >= 11 is 0. The predicted octanol–water partition coefficient (Wildman–Crippen LogP) is 17.4. The molecule has 394 valence electrons. The first kappa shape index (κ1) is 65.2. The average molecular weight is 957 g/mol. The fraction of sp³-hybridized carbons (Fsp3) is 0.947. The molecule has 0 aliphatic rings. The van der Waals surface area contributed by atoms with Gasteiger partial charge in [-0.3, -0.25) is 13.8 Å². The van der Waals surface area contributed by atoms with E-state index in [4.69, 9.17) is 9.05 Å². The van der Waals surface area contributed by atoms with Crippen LogP contribution >= 0.6 is 7.82 Å². The smallest absolute Gasteiger partial charge is 0.391 e. The summed E-state index contributed by atoms with van der Waals surface area (Å²) in [5, 5.41) is 14.1. The molecule has 0 aromatic rings. The van der Waals surface area contributed by atoms with Crippen LogP contribution in [-0.4, -0.2) is 73.4 Å². The molecule has 0 aliphatic carbocycles. The normalized spacial score (nSPS) is 14.0. The maximum atomic E-state index is 13.0. The molecular weight excluding hydrogens is 840 g/mol. The van der Waals surface area contributed by atoms with E-state index in [1.807, 2.05) is 21.1 Å². The highest BCUT2D eigenvalue weighted by Crippen LogP contribution is 2.43. The quantitative estimate of drug-likeness (QED) is 0.0243. The largest absolute Gasteiger partial charge is 0.472 e. The molecule has 0 saturated heterocycles. The number of aliphatic hydroxyl groups is 1. The van der Waals surface area contributed by atoms with Crippen LogP contribution in [0.4, 0.5) is 0 Å². The Morgan fingerprint density at radius 1 is 0.500 bits per heavy atom. The van der Waals surface area contributed by atoms with E-state index >= 15 is 0 Å². The first-order chi connectivity index (χ1) is 32.0. The molecule has 0 aliphatic heterocycles. The molecule has 66 heavy (non-hydrogen) atoms. The zero-order valence-corrected chi connectivity index (χ0v) is 45.9. The van der Waals surface area contributed by atoms with Gasteiger partial charge in [0.25, 0.3) is 0 Å². The lowest BCUT2D eigenvalue weighted by Gasteiger charge is -2.26. The second kappa shape index (κ2) is 49.2. The molecule has 0 aromatic carbocycles. The van der Waals surface area contributed by atoms with Gasteiger partial charge in [-0.25, -0.2) is 4.57 Å². The van der Waals surface area contributed by atoms with Gasteiger partial charge >= 0.3 is 7.82 Å². The van der Waals surface area contributed by atoms with Gasteiger partial charge in [0.1, 0.15) is 13.2 Å². The van der Waals surface area contributed by atoms with Gasteiger partial charge in [-0.2, -0.15) is 0 Å². The van der Waals surface area contributed by atoms with E-state index in [2.05, 4.69) is 31.3 Å². The SMILES string of the molecule is CCCCCCCCCCCCCC/C=C\CCCCCCCCCCCCCC(=O)NC(COP(=O)(O)OCC[N+](C)(C)C)C(O)CCCCCCCCCCCCCCCCCCC. The number of amides is 1. The minimum Gasteiger partial charge on any atom is -0.391 e. The van der Waals surface area contributed by atoms with Crippen LogP contribution in [0.1, 0.15) is 296 Å². The zero-order chi connectivity index (χ0) is 48.5. The summed E-state index contributed by atoms with van der Waals surface area (Å²) in [5.74, 6) is -0.140. The number of phosphoric ester groups is 1. The topological polar surface area (TPSA) is 105 Å². The first-order valence-electron chi connectivity index (χ1n) is 29.1. The minimum atomic E-state index is -4.32. The van der Waals surface area contributed by atoms with Gasteiger partial charge in [0.05, 0.1) is 39.9 Å². The lowest BCUT2D eigenvalue weighted by Crippen LogP contribution is -2.46. The van der Waals surface area contributed by atoms with Gasteiger partial charge in [-0.1, -0.05) is 264 Å². The van der Waals surface area contributed by atoms with Gasteiger partial charge in [0.15, 0.2) is 0 Å². The molecule has 0 saturated carbocycles. The third-order valence-corrected chi connectivity index (χ3v) is 14.5. The summed E-state index contributed by atoms with van der Waals surface area (Å²) in [5.41, 5.74) is 0. The lowest BCUT2D eigenvalue weighted by molar-refractivity contribution is -0.870. The van der Waals surface area contributed by atoms with E-state index < -0.39 is 20.0 Å². The van der Waals surface area contributed by atoms with Crippen LogP contribution in [-0.2, 0) is 18.4 Å². The van der Waals surface area contributed by atoms with Crippen LogP contribution < -0.4 is 5.32 Å². The molecule has 1 amide bonds. The Balaban J connectivity index is 4.10. The number of unbranched alkanes of at least 4 members (excludes halogenated alkanes) is 39. The highest BCUT2D eigenvalue weighted by atomic mass is 31.2. The third-order valence-electron chi connectivity index (χ3n) is 13.5. The lowest BCUT2D eigenvalue weighted by atomic mass is 10.0. The number of hydrogen-bond donors (Lipinski definition) is 3. The predicted molar refractivity (Wildman–Crippen MR) is 286 cm³/mol. The Morgan fingerprint density at radius 3 is 1.17 bits per heavy atom. The molecule has 0 rings (SSSR count). The Labute approximate surface area is 412 Å². The van der Waals surface area contributed by atoms with Gasteiger partial charge in [-0.05, 0) is 38.5 Å². The number of likely N-dealkylation sites (N-methyl/N-ethyl adjacent to an activating group) is 1. The van der Waals surface area contributed by atoms with E-state index in [1.165, 1.54) is 231 Å². The molecule has 9 heteroatoms. The van der Waals surface area contributed by atoms with Crippen molar-refractivity contribution in [2.45, 2.75) is 309 Å². The number of carbonyl (C=O) groups is 1. The molecular formula is C57H116N2O6P+. The fourth-order valence-electron chi connectivity index (χ4n) is 8.93. The van der Waals surface area contributed by atoms with Gasteiger partial charge in [0, 0.05) is 6.42 Å². The van der Waals surface area contributed by atoms with Crippen molar-refractivity contribution in [2.24, 2.45) is 0 Å². The Hall–Kier alpha value is -0.760. The van der Waals surface area contributed by atoms with Crippen molar-refractivity contribution in [3.63, 3.8) is 0 Å². The van der Waals surface area contributed by atoms with Crippen molar-refractivity contribution in [1.82, 2.24) is 5.32 Å². The number of nitrogens with zero attached hydrogens (tertiary/aromatic N) is 1. The number of quaternary nitrogens is 1. The molecule has 0 aromatic heterocycles. The Morgan fingerprint density at radius 2 is 0.818 bits per heavy atom. The molecule has 8 nitrogen and oxygen atoms in total. The van der Waals surface area contributed by atoms with Crippen LogP contribution in [0.3, 0.4) is 0 Å². The van der Waals surface area contributed by atoms with Gasteiger partial charge in [0.2, 0.25) is 5.91 Å². The van der Waals surface area contributed by atoms with Crippen LogP contribution in [0.5, 0.6) is 0 Å². The maximum Gasteiger partial charge on any atom is 0.472 e. The second-order valence-corrected chi connectivity index (χ2v) is 22.8. The molecule has 3 unspecified atom stereocenters. The Kier molecular flexibility index (Phi) is 48.7. The fourth-order valence-corrected chi connectivity index (χ4v) is 9.66. The standard InChI is InChI=1S/C57H115N2O6P/c1-6-8-10-12-14-16-18-20-22-24-25-26-27-28-29-30-31-32-33-35-37-39-41-43-45-47-49-51-57(61)58-55(54-65-66(62,63)64-53-52-59(3,4)5)56(60)50-48-46-44-42-40-38-36-34-23-21-19-17-15-13-11-9-7-2/h28-29,55-56,60H,6-27,30-54H2,1-5H3,(H-,58,61,62,63)/p+1/b29-28-. The zero-order valence-electron chi connectivity index (χ0n) is 45.0. The van der Waals surface area contributed by atoms with Crippen LogP contribution in [0.2, 0.25) is 0 Å². The van der Waals surface area contributed by atoms with E-state index in [1.54, 1.807) is 0 Å². The third kappa shape index (κ3) is 51.1. The highest BCUT2D eigenvalue weighted by Gasteiger charge is 2.28. The first-order valence-corrected chi connectivity index (χ1v) is 30.5. The van der Waals surface area contributed by atoms with Crippen molar-refractivity contribution in [1.29, 1.82) is 0 Å². The summed E-state index contributed by atoms with van der Waals surface area (Å²) in [6.45, 7) is 4.93. The van der Waals surface area contributed by atoms with E-state index in [0.29, 0.717) is 23.9 Å². The summed E-state index contributed by atoms with van der Waals surface area (Å²) in [6, 6.07) is -0.758. The van der Waals surface area contributed by atoms with Crippen molar-refractivity contribution in [2.75, 3.05) is 40.9 Å². The van der Waals surface area contributed by atoms with Crippen molar-refractivity contribution < 1.29 is 32.9 Å². The van der Waals surface area contributed by atoms with Crippen LogP contribution in [0.25, 0.3) is 0 Å². The average Bonchev–Trinajstić information content (AvgIpc) is 3.28. The van der Waals surface area contributed by atoms with Crippen molar-refractivity contribution in [3.8, 4) is 0 Å². The molecule has 0 heterocycles. The highest BCUT2D eigenvalue weighted by molar-refractivity contribution is 7.47. The molecule has 3 N–H and O–H groups in total. The number of hydrogen-bond acceptors (Lipinski definition) is 5. The second-order valence-electron chi connectivity index (χ2n) is 21.4. The molecule has 0 spiro atoms. The van der Waals surface area contributed by atoms with E-state index in [9.17, 15) is 19.4 Å².